The molecule has 1 aromatic heterocycles. The van der Waals surface area contributed by atoms with E-state index in [1.807, 2.05) is 6.07 Å². The van der Waals surface area contributed by atoms with Crippen LogP contribution in [0.1, 0.15) is 16.1 Å². The summed E-state index contributed by atoms with van der Waals surface area (Å²) in [5, 5.41) is 21.3. The molecule has 5 nitrogen and oxygen atoms in total. The summed E-state index contributed by atoms with van der Waals surface area (Å²) in [4.78, 5) is 14.8. The molecule has 0 unspecified atom stereocenters. The summed E-state index contributed by atoms with van der Waals surface area (Å²) in [6, 6.07) is 11.4. The molecule has 94 valence electrons. The predicted molar refractivity (Wildman–Crippen MR) is 70.6 cm³/mol. The van der Waals surface area contributed by atoms with E-state index < -0.39 is 5.97 Å². The van der Waals surface area contributed by atoms with Gasteiger partial charge in [0.15, 0.2) is 5.69 Å². The van der Waals surface area contributed by atoms with Crippen LogP contribution in [0.2, 0.25) is 5.02 Å². The van der Waals surface area contributed by atoms with Crippen LogP contribution >= 0.6 is 11.6 Å². The van der Waals surface area contributed by atoms with Crippen LogP contribution in [0.5, 0.6) is 0 Å². The minimum atomic E-state index is -1.15. The lowest BCUT2D eigenvalue weighted by molar-refractivity contribution is 0.0690. The van der Waals surface area contributed by atoms with Crippen LogP contribution in [-0.2, 0) is 0 Å². The Morgan fingerprint density at radius 1 is 1.26 bits per heavy atom. The zero-order valence-corrected chi connectivity index (χ0v) is 10.3. The Hall–Kier alpha value is -2.58. The highest BCUT2D eigenvalue weighted by molar-refractivity contribution is 6.30. The number of pyridine rings is 1. The van der Waals surface area contributed by atoms with Crippen molar-refractivity contribution >= 4 is 29.1 Å². The molecule has 0 aliphatic heterocycles. The van der Waals surface area contributed by atoms with E-state index in [1.165, 1.54) is 12.1 Å². The third-order valence-corrected chi connectivity index (χ3v) is 2.59. The molecule has 1 aromatic carbocycles. The van der Waals surface area contributed by atoms with Crippen LogP contribution in [0.15, 0.2) is 36.4 Å². The highest BCUT2D eigenvalue weighted by Gasteiger charge is 2.10. The molecule has 0 bridgehead atoms. The number of hydrogen-bond acceptors (Lipinski definition) is 4. The van der Waals surface area contributed by atoms with E-state index in [0.29, 0.717) is 10.7 Å². The number of rotatable bonds is 3. The van der Waals surface area contributed by atoms with Gasteiger partial charge >= 0.3 is 5.97 Å². The molecule has 0 atom stereocenters. The standard InChI is InChI=1S/C13H8ClN3O2/c14-9-2-4-10(5-3-9)16-12-8(7-15)1-6-11(17-12)13(18)19/h1-6H,(H,16,17)(H,18,19). The number of hydrogen-bond donors (Lipinski definition) is 2. The Morgan fingerprint density at radius 2 is 1.95 bits per heavy atom. The molecule has 1 heterocycles. The summed E-state index contributed by atoms with van der Waals surface area (Å²) in [6.45, 7) is 0. The van der Waals surface area contributed by atoms with E-state index in [2.05, 4.69) is 10.3 Å². The number of carbonyl (C=O) groups is 1. The number of benzene rings is 1. The van der Waals surface area contributed by atoms with E-state index in [0.717, 1.165) is 0 Å². The second-order valence-electron chi connectivity index (χ2n) is 3.64. The Labute approximate surface area is 114 Å². The molecule has 0 aliphatic carbocycles. The van der Waals surface area contributed by atoms with E-state index in [1.54, 1.807) is 24.3 Å². The first kappa shape index (κ1) is 12.9. The number of anilines is 2. The highest BCUT2D eigenvalue weighted by atomic mass is 35.5. The summed E-state index contributed by atoms with van der Waals surface area (Å²) in [7, 11) is 0. The largest absolute Gasteiger partial charge is 0.477 e. The number of halogens is 1. The average molecular weight is 274 g/mol. The fraction of sp³-hybridized carbons (Fsp3) is 0. The number of carboxylic acids is 1. The first-order chi connectivity index (χ1) is 9.10. The lowest BCUT2D eigenvalue weighted by Crippen LogP contribution is -2.04. The molecule has 6 heteroatoms. The maximum atomic E-state index is 10.9. The van der Waals surface area contributed by atoms with Crippen molar-refractivity contribution in [1.82, 2.24) is 4.98 Å². The molecule has 0 fully saturated rings. The minimum absolute atomic E-state index is 0.129. The van der Waals surface area contributed by atoms with Gasteiger partial charge in [-0.2, -0.15) is 5.26 Å². The summed E-state index contributed by atoms with van der Waals surface area (Å²) < 4.78 is 0. The zero-order chi connectivity index (χ0) is 13.8. The molecule has 0 spiro atoms. The maximum Gasteiger partial charge on any atom is 0.354 e. The van der Waals surface area contributed by atoms with Gasteiger partial charge in [0.2, 0.25) is 0 Å². The molecule has 2 aromatic rings. The van der Waals surface area contributed by atoms with E-state index in [-0.39, 0.29) is 17.1 Å². The third kappa shape index (κ3) is 3.00. The first-order valence-corrected chi connectivity index (χ1v) is 5.65. The number of aromatic carboxylic acids is 1. The van der Waals surface area contributed by atoms with Crippen molar-refractivity contribution in [2.75, 3.05) is 5.32 Å². The molecule has 0 saturated heterocycles. The van der Waals surface area contributed by atoms with Crippen molar-refractivity contribution < 1.29 is 9.90 Å². The van der Waals surface area contributed by atoms with Crippen LogP contribution in [0, 0.1) is 11.3 Å². The smallest absolute Gasteiger partial charge is 0.354 e. The van der Waals surface area contributed by atoms with Gasteiger partial charge in [-0.3, -0.25) is 0 Å². The summed E-state index contributed by atoms with van der Waals surface area (Å²) >= 11 is 5.77. The normalized spacial score (nSPS) is 9.68. The maximum absolute atomic E-state index is 10.9. The Bertz CT molecular complexity index is 663. The van der Waals surface area contributed by atoms with Gasteiger partial charge < -0.3 is 10.4 Å². The van der Waals surface area contributed by atoms with Gasteiger partial charge in [0.25, 0.3) is 0 Å². The lowest BCUT2D eigenvalue weighted by Gasteiger charge is -2.08. The molecule has 2 rings (SSSR count). The van der Waals surface area contributed by atoms with Crippen molar-refractivity contribution in [1.29, 1.82) is 5.26 Å². The van der Waals surface area contributed by atoms with Crippen LogP contribution in [-0.4, -0.2) is 16.1 Å². The van der Waals surface area contributed by atoms with Gasteiger partial charge in [-0.25, -0.2) is 9.78 Å². The number of carboxylic acid groups (broad SMARTS) is 1. The second-order valence-corrected chi connectivity index (χ2v) is 4.08. The van der Waals surface area contributed by atoms with Gasteiger partial charge in [-0.1, -0.05) is 11.6 Å². The van der Waals surface area contributed by atoms with Gasteiger partial charge in [0.1, 0.15) is 11.9 Å². The first-order valence-electron chi connectivity index (χ1n) is 5.27. The Morgan fingerprint density at radius 3 is 2.53 bits per heavy atom. The molecule has 0 aliphatic rings. The topological polar surface area (TPSA) is 86.0 Å². The highest BCUT2D eigenvalue weighted by Crippen LogP contribution is 2.20. The molecule has 2 N–H and O–H groups in total. The van der Waals surface area contributed by atoms with Gasteiger partial charge in [-0.05, 0) is 36.4 Å². The van der Waals surface area contributed by atoms with E-state index in [4.69, 9.17) is 22.0 Å². The fourth-order valence-corrected chi connectivity index (χ4v) is 1.56. The fourth-order valence-electron chi connectivity index (χ4n) is 1.43. The third-order valence-electron chi connectivity index (χ3n) is 2.34. The molecular formula is C13H8ClN3O2. The van der Waals surface area contributed by atoms with Crippen molar-refractivity contribution in [3.05, 3.63) is 52.7 Å². The quantitative estimate of drug-likeness (QED) is 0.897. The predicted octanol–water partition coefficient (Wildman–Crippen LogP) is 3.05. The summed E-state index contributed by atoms with van der Waals surface area (Å²) in [5.41, 5.74) is 0.798. The van der Waals surface area contributed by atoms with Crippen LogP contribution in [0.25, 0.3) is 0 Å². The second kappa shape index (κ2) is 5.38. The van der Waals surface area contributed by atoms with Gasteiger partial charge in [0, 0.05) is 10.7 Å². The number of aromatic nitrogens is 1. The van der Waals surface area contributed by atoms with Crippen molar-refractivity contribution in [3.63, 3.8) is 0 Å². The van der Waals surface area contributed by atoms with Crippen LogP contribution < -0.4 is 5.32 Å². The molecule has 0 saturated carbocycles. The van der Waals surface area contributed by atoms with E-state index in [9.17, 15) is 4.79 Å². The average Bonchev–Trinajstić information content (AvgIpc) is 2.41. The van der Waals surface area contributed by atoms with Crippen LogP contribution in [0.3, 0.4) is 0 Å². The Kier molecular flexibility index (Phi) is 3.64. The van der Waals surface area contributed by atoms with Crippen molar-refractivity contribution in [2.24, 2.45) is 0 Å². The molecule has 19 heavy (non-hydrogen) atoms. The number of nitrogens with zero attached hydrogens (tertiary/aromatic N) is 2. The van der Waals surface area contributed by atoms with Crippen molar-refractivity contribution in [3.8, 4) is 6.07 Å². The number of nitrogens with one attached hydrogen (secondary N) is 1. The minimum Gasteiger partial charge on any atom is -0.477 e. The molecular weight excluding hydrogens is 266 g/mol. The van der Waals surface area contributed by atoms with Gasteiger partial charge in [-0.15, -0.1) is 0 Å². The molecule has 0 radical (unpaired) electrons. The number of nitriles is 1. The summed E-state index contributed by atoms with van der Waals surface area (Å²) in [5.74, 6) is -0.951. The monoisotopic (exact) mass is 273 g/mol. The summed E-state index contributed by atoms with van der Waals surface area (Å²) in [6.07, 6.45) is 0. The zero-order valence-electron chi connectivity index (χ0n) is 9.59. The van der Waals surface area contributed by atoms with E-state index >= 15 is 0 Å². The molecule has 0 amide bonds. The van der Waals surface area contributed by atoms with Crippen LogP contribution in [0.4, 0.5) is 11.5 Å². The Balaban J connectivity index is 2.37. The van der Waals surface area contributed by atoms with Gasteiger partial charge in [0.05, 0.1) is 5.56 Å². The lowest BCUT2D eigenvalue weighted by atomic mass is 10.2. The SMILES string of the molecule is N#Cc1ccc(C(=O)O)nc1Nc1ccc(Cl)cc1. The van der Waals surface area contributed by atoms with Crippen molar-refractivity contribution in [2.45, 2.75) is 0 Å².